The maximum Gasteiger partial charge on any atom is 0.148 e. The number of halogens is 1. The van der Waals surface area contributed by atoms with E-state index < -0.39 is 0 Å². The smallest absolute Gasteiger partial charge is 0.148 e. The van der Waals surface area contributed by atoms with Crippen LogP contribution in [0.15, 0.2) is 28.7 Å². The summed E-state index contributed by atoms with van der Waals surface area (Å²) < 4.78 is 6.70. The van der Waals surface area contributed by atoms with Crippen molar-refractivity contribution in [1.29, 1.82) is 5.26 Å². The molecule has 96 valence electrons. The molecule has 0 aliphatic rings. The molecule has 1 heterocycles. The number of hydrogen-bond donors (Lipinski definition) is 0. The van der Waals surface area contributed by atoms with Crippen LogP contribution in [0, 0.1) is 32.1 Å². The van der Waals surface area contributed by atoms with Gasteiger partial charge in [0.2, 0.25) is 0 Å². The van der Waals surface area contributed by atoms with Crippen LogP contribution in [-0.2, 0) is 0 Å². The first-order valence-corrected chi connectivity index (χ1v) is 6.63. The van der Waals surface area contributed by atoms with Crippen molar-refractivity contribution in [2.75, 3.05) is 0 Å². The van der Waals surface area contributed by atoms with Crippen LogP contribution in [0.2, 0.25) is 0 Å². The molecule has 0 radical (unpaired) electrons. The zero-order valence-corrected chi connectivity index (χ0v) is 12.6. The third-order valence-electron chi connectivity index (χ3n) is 2.71. The number of rotatable bonds is 2. The summed E-state index contributed by atoms with van der Waals surface area (Å²) in [7, 11) is 0. The Labute approximate surface area is 121 Å². The Morgan fingerprint density at radius 2 is 1.89 bits per heavy atom. The molecule has 2 rings (SSSR count). The van der Waals surface area contributed by atoms with E-state index in [1.54, 1.807) is 6.07 Å². The van der Waals surface area contributed by atoms with Crippen molar-refractivity contribution in [1.82, 2.24) is 4.98 Å². The minimum atomic E-state index is 0.470. The quantitative estimate of drug-likeness (QED) is 0.823. The molecule has 0 unspecified atom stereocenters. The molecule has 0 saturated carbocycles. The molecule has 1 aromatic heterocycles. The van der Waals surface area contributed by atoms with E-state index in [1.807, 2.05) is 39.0 Å². The fraction of sp³-hybridized carbons (Fsp3) is 0.200. The number of aromatic nitrogens is 1. The number of benzene rings is 1. The first-order valence-electron chi connectivity index (χ1n) is 5.83. The van der Waals surface area contributed by atoms with Crippen molar-refractivity contribution in [3.05, 3.63) is 51.3 Å². The summed E-state index contributed by atoms with van der Waals surface area (Å²) in [5.41, 5.74) is 3.12. The van der Waals surface area contributed by atoms with Crippen LogP contribution in [0.25, 0.3) is 0 Å². The fourth-order valence-electron chi connectivity index (χ4n) is 1.82. The van der Waals surface area contributed by atoms with Crippen molar-refractivity contribution in [2.24, 2.45) is 0 Å². The molecule has 0 bridgehead atoms. The molecule has 2 aromatic rings. The molecule has 0 spiro atoms. The van der Waals surface area contributed by atoms with Gasteiger partial charge in [0.1, 0.15) is 23.1 Å². The molecule has 0 amide bonds. The summed E-state index contributed by atoms with van der Waals surface area (Å²) in [6.45, 7) is 5.70. The van der Waals surface area contributed by atoms with Gasteiger partial charge in [0.25, 0.3) is 0 Å². The lowest BCUT2D eigenvalue weighted by atomic mass is 10.2. The van der Waals surface area contributed by atoms with Crippen molar-refractivity contribution in [3.8, 4) is 17.6 Å². The maximum absolute atomic E-state index is 9.20. The number of nitriles is 1. The topological polar surface area (TPSA) is 45.9 Å². The van der Waals surface area contributed by atoms with E-state index in [9.17, 15) is 5.26 Å². The predicted molar refractivity (Wildman–Crippen MR) is 77.4 cm³/mol. The molecule has 19 heavy (non-hydrogen) atoms. The second-order valence-corrected chi connectivity index (χ2v) is 5.22. The number of hydrogen-bond acceptors (Lipinski definition) is 3. The molecule has 0 fully saturated rings. The van der Waals surface area contributed by atoms with Crippen LogP contribution < -0.4 is 4.74 Å². The van der Waals surface area contributed by atoms with E-state index in [-0.39, 0.29) is 0 Å². The lowest BCUT2D eigenvalue weighted by molar-refractivity contribution is 0.476. The average molecular weight is 317 g/mol. The largest absolute Gasteiger partial charge is 0.455 e. The monoisotopic (exact) mass is 316 g/mol. The zero-order valence-electron chi connectivity index (χ0n) is 11.0. The minimum absolute atomic E-state index is 0.470. The Hall–Kier alpha value is -1.86. The van der Waals surface area contributed by atoms with Crippen molar-refractivity contribution >= 4 is 15.9 Å². The molecule has 0 aliphatic carbocycles. The number of aryl methyl sites for hydroxylation is 3. The fourth-order valence-corrected chi connectivity index (χ4v) is 2.39. The summed E-state index contributed by atoms with van der Waals surface area (Å²) in [4.78, 5) is 4.27. The van der Waals surface area contributed by atoms with Crippen molar-refractivity contribution in [2.45, 2.75) is 20.8 Å². The number of pyridine rings is 1. The highest BCUT2D eigenvalue weighted by molar-refractivity contribution is 9.10. The third kappa shape index (κ3) is 2.94. The van der Waals surface area contributed by atoms with Crippen LogP contribution in [0.4, 0.5) is 0 Å². The van der Waals surface area contributed by atoms with E-state index in [1.165, 1.54) is 0 Å². The van der Waals surface area contributed by atoms with Gasteiger partial charge in [-0.05, 0) is 54.4 Å². The highest BCUT2D eigenvalue weighted by Crippen LogP contribution is 2.32. The molecule has 0 aliphatic heterocycles. The Bertz CT molecular complexity index is 675. The molecular formula is C15H13BrN2O. The van der Waals surface area contributed by atoms with Gasteiger partial charge in [-0.1, -0.05) is 6.07 Å². The number of nitrogens with zero attached hydrogens (tertiary/aromatic N) is 2. The second kappa shape index (κ2) is 5.41. The van der Waals surface area contributed by atoms with Crippen LogP contribution in [-0.4, -0.2) is 4.98 Å². The van der Waals surface area contributed by atoms with E-state index in [2.05, 4.69) is 27.0 Å². The third-order valence-corrected chi connectivity index (χ3v) is 3.33. The van der Waals surface area contributed by atoms with Gasteiger partial charge in [0.15, 0.2) is 0 Å². The lowest BCUT2D eigenvalue weighted by Gasteiger charge is -2.11. The lowest BCUT2D eigenvalue weighted by Crippen LogP contribution is -1.96. The van der Waals surface area contributed by atoms with Crippen LogP contribution in [0.1, 0.15) is 22.5 Å². The molecule has 3 nitrogen and oxygen atoms in total. The molecule has 4 heteroatoms. The summed E-state index contributed by atoms with van der Waals surface area (Å²) in [6, 6.07) is 9.74. The second-order valence-electron chi connectivity index (χ2n) is 4.37. The highest BCUT2D eigenvalue weighted by atomic mass is 79.9. The number of ether oxygens (including phenoxy) is 1. The van der Waals surface area contributed by atoms with Gasteiger partial charge >= 0.3 is 0 Å². The van der Waals surface area contributed by atoms with Gasteiger partial charge in [-0.3, -0.25) is 4.98 Å². The Morgan fingerprint density at radius 3 is 2.53 bits per heavy atom. The summed E-state index contributed by atoms with van der Waals surface area (Å²) in [6.07, 6.45) is 0. The SMILES string of the molecule is Cc1ccc(Oc2cc(C)nc(C)c2C#N)c(Br)c1. The van der Waals surface area contributed by atoms with Crippen LogP contribution in [0.5, 0.6) is 11.5 Å². The van der Waals surface area contributed by atoms with Gasteiger partial charge < -0.3 is 4.74 Å². The van der Waals surface area contributed by atoms with E-state index in [0.717, 1.165) is 15.7 Å². The van der Waals surface area contributed by atoms with Gasteiger partial charge in [-0.25, -0.2) is 0 Å². The van der Waals surface area contributed by atoms with E-state index in [4.69, 9.17) is 4.74 Å². The van der Waals surface area contributed by atoms with Gasteiger partial charge in [-0.15, -0.1) is 0 Å². The Balaban J connectivity index is 2.46. The molecule has 1 aromatic carbocycles. The van der Waals surface area contributed by atoms with E-state index in [0.29, 0.717) is 22.8 Å². The maximum atomic E-state index is 9.20. The van der Waals surface area contributed by atoms with Crippen LogP contribution >= 0.6 is 15.9 Å². The van der Waals surface area contributed by atoms with E-state index >= 15 is 0 Å². The van der Waals surface area contributed by atoms with Gasteiger partial charge in [-0.2, -0.15) is 5.26 Å². The van der Waals surface area contributed by atoms with Crippen LogP contribution in [0.3, 0.4) is 0 Å². The Kier molecular flexibility index (Phi) is 3.87. The zero-order chi connectivity index (χ0) is 14.0. The van der Waals surface area contributed by atoms with Gasteiger partial charge in [0, 0.05) is 11.8 Å². The van der Waals surface area contributed by atoms with Gasteiger partial charge in [0.05, 0.1) is 10.2 Å². The van der Waals surface area contributed by atoms with Crippen molar-refractivity contribution in [3.63, 3.8) is 0 Å². The standard InChI is InChI=1S/C15H13BrN2O/c1-9-4-5-14(13(16)6-9)19-15-7-10(2)18-11(3)12(15)8-17/h4-7H,1-3H3. The van der Waals surface area contributed by atoms with Crippen molar-refractivity contribution < 1.29 is 4.74 Å². The first-order chi connectivity index (χ1) is 9.01. The minimum Gasteiger partial charge on any atom is -0.455 e. The summed E-state index contributed by atoms with van der Waals surface area (Å²) in [5.74, 6) is 1.23. The normalized spacial score (nSPS) is 10.1. The highest BCUT2D eigenvalue weighted by Gasteiger charge is 2.11. The predicted octanol–water partition coefficient (Wildman–Crippen LogP) is 4.43. The average Bonchev–Trinajstić information content (AvgIpc) is 2.32. The molecular weight excluding hydrogens is 304 g/mol. The first kappa shape index (κ1) is 13.6. The Morgan fingerprint density at radius 1 is 1.16 bits per heavy atom. The summed E-state index contributed by atoms with van der Waals surface area (Å²) >= 11 is 3.46. The molecule has 0 saturated heterocycles. The molecule has 0 atom stereocenters. The summed E-state index contributed by atoms with van der Waals surface area (Å²) in [5, 5.41) is 9.20. The molecule has 0 N–H and O–H groups in total.